The van der Waals surface area contributed by atoms with Gasteiger partial charge in [-0.2, -0.15) is 0 Å². The van der Waals surface area contributed by atoms with Crippen LogP contribution in [-0.4, -0.2) is 35.1 Å². The molecular formula is C19H24N2O5S. The fourth-order valence-electron chi connectivity index (χ4n) is 2.40. The van der Waals surface area contributed by atoms with E-state index >= 15 is 0 Å². The van der Waals surface area contributed by atoms with E-state index in [0.29, 0.717) is 17.9 Å². The number of rotatable bonds is 9. The van der Waals surface area contributed by atoms with Crippen LogP contribution < -0.4 is 19.5 Å². The van der Waals surface area contributed by atoms with Crippen molar-refractivity contribution in [3.63, 3.8) is 0 Å². The molecule has 0 aromatic heterocycles. The van der Waals surface area contributed by atoms with E-state index in [-0.39, 0.29) is 23.8 Å². The zero-order valence-electron chi connectivity index (χ0n) is 15.6. The number of benzene rings is 2. The highest BCUT2D eigenvalue weighted by molar-refractivity contribution is 7.89. The zero-order valence-corrected chi connectivity index (χ0v) is 16.4. The van der Waals surface area contributed by atoms with Crippen molar-refractivity contribution in [1.82, 2.24) is 4.72 Å². The molecule has 0 atom stereocenters. The number of amides is 1. The second-order valence-corrected chi connectivity index (χ2v) is 7.53. The van der Waals surface area contributed by atoms with E-state index in [1.807, 2.05) is 24.3 Å². The molecule has 0 bridgehead atoms. The molecule has 0 saturated carbocycles. The molecule has 2 rings (SSSR count). The lowest BCUT2D eigenvalue weighted by molar-refractivity contribution is -0.115. The molecule has 0 aliphatic carbocycles. The van der Waals surface area contributed by atoms with Crippen molar-refractivity contribution in [1.29, 1.82) is 0 Å². The maximum atomic E-state index is 12.5. The van der Waals surface area contributed by atoms with Crippen molar-refractivity contribution in [3.8, 4) is 11.5 Å². The van der Waals surface area contributed by atoms with Crippen LogP contribution in [0.2, 0.25) is 0 Å². The Kier molecular flexibility index (Phi) is 7.20. The van der Waals surface area contributed by atoms with Crippen LogP contribution in [0.15, 0.2) is 47.4 Å². The van der Waals surface area contributed by atoms with E-state index in [1.165, 1.54) is 25.3 Å². The molecule has 0 spiro atoms. The van der Waals surface area contributed by atoms with Gasteiger partial charge < -0.3 is 14.8 Å². The highest BCUT2D eigenvalue weighted by Crippen LogP contribution is 2.27. The molecule has 2 aromatic carbocycles. The van der Waals surface area contributed by atoms with E-state index < -0.39 is 10.0 Å². The Morgan fingerprint density at radius 2 is 1.74 bits per heavy atom. The molecule has 0 heterocycles. The molecule has 0 unspecified atom stereocenters. The summed E-state index contributed by atoms with van der Waals surface area (Å²) in [5.41, 5.74) is 1.31. The summed E-state index contributed by atoms with van der Waals surface area (Å²) in [5, 5.41) is 2.65. The number of nitrogens with one attached hydrogen (secondary N) is 2. The predicted octanol–water partition coefficient (Wildman–Crippen LogP) is 2.57. The van der Waals surface area contributed by atoms with Crippen LogP contribution in [0, 0.1) is 0 Å². The van der Waals surface area contributed by atoms with Gasteiger partial charge in [0.25, 0.3) is 0 Å². The first-order chi connectivity index (χ1) is 12.9. The molecule has 1 amide bonds. The van der Waals surface area contributed by atoms with Crippen LogP contribution in [0.5, 0.6) is 11.5 Å². The van der Waals surface area contributed by atoms with Crippen LogP contribution >= 0.6 is 0 Å². The first-order valence-electron chi connectivity index (χ1n) is 8.50. The molecule has 2 aromatic rings. The van der Waals surface area contributed by atoms with Gasteiger partial charge in [0.15, 0.2) is 0 Å². The second-order valence-electron chi connectivity index (χ2n) is 5.76. The average molecular weight is 392 g/mol. The van der Waals surface area contributed by atoms with E-state index in [4.69, 9.17) is 9.47 Å². The highest BCUT2D eigenvalue weighted by Gasteiger charge is 2.17. The average Bonchev–Trinajstić information content (AvgIpc) is 2.68. The monoisotopic (exact) mass is 392 g/mol. The number of ether oxygens (including phenoxy) is 2. The van der Waals surface area contributed by atoms with Gasteiger partial charge in [-0.3, -0.25) is 4.79 Å². The Bertz CT molecular complexity index is 879. The summed E-state index contributed by atoms with van der Waals surface area (Å²) in [5.74, 6) is 0.920. The normalized spacial score (nSPS) is 11.1. The van der Waals surface area contributed by atoms with Gasteiger partial charge in [0, 0.05) is 13.0 Å². The lowest BCUT2D eigenvalue weighted by Crippen LogP contribution is -2.26. The van der Waals surface area contributed by atoms with E-state index in [9.17, 15) is 13.2 Å². The quantitative estimate of drug-likeness (QED) is 0.684. The van der Waals surface area contributed by atoms with Crippen LogP contribution in [-0.2, 0) is 21.2 Å². The number of carbonyl (C=O) groups excluding carboxylic acids is 1. The molecule has 8 heteroatoms. The van der Waals surface area contributed by atoms with Gasteiger partial charge in [0.05, 0.1) is 24.8 Å². The lowest BCUT2D eigenvalue weighted by atomic mass is 10.1. The Balaban J connectivity index is 2.08. The molecule has 0 fully saturated rings. The van der Waals surface area contributed by atoms with E-state index in [2.05, 4.69) is 10.0 Å². The predicted molar refractivity (Wildman–Crippen MR) is 104 cm³/mol. The molecular weight excluding hydrogens is 368 g/mol. The summed E-state index contributed by atoms with van der Waals surface area (Å²) in [7, 11) is -0.666. The Morgan fingerprint density at radius 1 is 1.04 bits per heavy atom. The molecule has 0 aliphatic rings. The van der Waals surface area contributed by atoms with Crippen molar-refractivity contribution < 1.29 is 22.7 Å². The molecule has 27 heavy (non-hydrogen) atoms. The molecule has 146 valence electrons. The molecule has 0 saturated heterocycles. The minimum atomic E-state index is -3.71. The van der Waals surface area contributed by atoms with Crippen molar-refractivity contribution in [2.24, 2.45) is 0 Å². The highest BCUT2D eigenvalue weighted by atomic mass is 32.2. The summed E-state index contributed by atoms with van der Waals surface area (Å²) in [6, 6.07) is 11.8. The lowest BCUT2D eigenvalue weighted by Gasteiger charge is -2.13. The van der Waals surface area contributed by atoms with E-state index in [1.54, 1.807) is 14.0 Å². The van der Waals surface area contributed by atoms with Gasteiger partial charge in [0.2, 0.25) is 15.9 Å². The van der Waals surface area contributed by atoms with Crippen molar-refractivity contribution >= 4 is 21.6 Å². The smallest absolute Gasteiger partial charge is 0.240 e. The molecule has 0 radical (unpaired) electrons. The van der Waals surface area contributed by atoms with Crippen molar-refractivity contribution in [2.75, 3.05) is 26.1 Å². The first kappa shape index (κ1) is 20.7. The third-order valence-electron chi connectivity index (χ3n) is 3.94. The molecule has 2 N–H and O–H groups in total. The van der Waals surface area contributed by atoms with Crippen molar-refractivity contribution in [3.05, 3.63) is 48.0 Å². The fourth-order valence-corrected chi connectivity index (χ4v) is 3.45. The SMILES string of the molecule is CCC(=O)Nc1cc(S(=O)(=O)NCCc2ccc(OC)cc2)ccc1OC. The van der Waals surface area contributed by atoms with E-state index in [0.717, 1.165) is 11.3 Å². The first-order valence-corrected chi connectivity index (χ1v) is 9.98. The van der Waals surface area contributed by atoms with Gasteiger partial charge in [0.1, 0.15) is 11.5 Å². The van der Waals surface area contributed by atoms with Crippen LogP contribution in [0.1, 0.15) is 18.9 Å². The van der Waals surface area contributed by atoms with Gasteiger partial charge in [-0.25, -0.2) is 13.1 Å². The summed E-state index contributed by atoms with van der Waals surface area (Å²) in [6.45, 7) is 1.96. The number of anilines is 1. The van der Waals surface area contributed by atoms with Crippen LogP contribution in [0.25, 0.3) is 0 Å². The van der Waals surface area contributed by atoms with Gasteiger partial charge >= 0.3 is 0 Å². The summed E-state index contributed by atoms with van der Waals surface area (Å²) >= 11 is 0. The topological polar surface area (TPSA) is 93.7 Å². The minimum Gasteiger partial charge on any atom is -0.497 e. The molecule has 7 nitrogen and oxygen atoms in total. The summed E-state index contributed by atoms with van der Waals surface area (Å²) in [4.78, 5) is 11.7. The summed E-state index contributed by atoms with van der Waals surface area (Å²) < 4.78 is 37.9. The molecule has 0 aliphatic heterocycles. The Labute approximate surface area is 159 Å². The minimum absolute atomic E-state index is 0.0597. The maximum Gasteiger partial charge on any atom is 0.240 e. The van der Waals surface area contributed by atoms with Gasteiger partial charge in [-0.05, 0) is 42.3 Å². The Hall–Kier alpha value is -2.58. The zero-order chi connectivity index (χ0) is 19.9. The number of carbonyl (C=O) groups is 1. The van der Waals surface area contributed by atoms with Crippen molar-refractivity contribution in [2.45, 2.75) is 24.7 Å². The third-order valence-corrected chi connectivity index (χ3v) is 5.40. The maximum absolute atomic E-state index is 12.5. The number of hydrogen-bond acceptors (Lipinski definition) is 5. The van der Waals surface area contributed by atoms with Crippen LogP contribution in [0.3, 0.4) is 0 Å². The van der Waals surface area contributed by atoms with Gasteiger partial charge in [-0.15, -0.1) is 0 Å². The second kappa shape index (κ2) is 9.38. The number of methoxy groups -OCH3 is 2. The van der Waals surface area contributed by atoms with Crippen LogP contribution in [0.4, 0.5) is 5.69 Å². The van der Waals surface area contributed by atoms with Gasteiger partial charge in [-0.1, -0.05) is 19.1 Å². The largest absolute Gasteiger partial charge is 0.497 e. The number of sulfonamides is 1. The standard InChI is InChI=1S/C19H24N2O5S/c1-4-19(22)21-17-13-16(9-10-18(17)26-3)27(23,24)20-12-11-14-5-7-15(25-2)8-6-14/h5-10,13,20H,4,11-12H2,1-3H3,(H,21,22). The fraction of sp³-hybridized carbons (Fsp3) is 0.316. The third kappa shape index (κ3) is 5.70. The number of hydrogen-bond donors (Lipinski definition) is 2. The Morgan fingerprint density at radius 3 is 2.33 bits per heavy atom. The summed E-state index contributed by atoms with van der Waals surface area (Å²) in [6.07, 6.45) is 0.819.